The number of carbonyl (C=O) groups excluding carboxylic acids is 1. The highest BCUT2D eigenvalue weighted by atomic mass is 79.9. The van der Waals surface area contributed by atoms with Crippen molar-refractivity contribution in [3.05, 3.63) is 63.2 Å². The molecule has 0 bridgehead atoms. The first kappa shape index (κ1) is 17.7. The summed E-state index contributed by atoms with van der Waals surface area (Å²) in [5, 5.41) is 5.05. The van der Waals surface area contributed by atoms with Gasteiger partial charge in [-0.3, -0.25) is 4.79 Å². The molecule has 3 aromatic rings. The molecule has 0 aliphatic carbocycles. The minimum absolute atomic E-state index is 0.326. The van der Waals surface area contributed by atoms with Crippen LogP contribution in [0.3, 0.4) is 0 Å². The van der Waals surface area contributed by atoms with Gasteiger partial charge in [0.15, 0.2) is 6.10 Å². The van der Waals surface area contributed by atoms with E-state index >= 15 is 0 Å². The Bertz CT molecular complexity index is 937. The Hall–Kier alpha value is -2.12. The number of rotatable bonds is 5. The summed E-state index contributed by atoms with van der Waals surface area (Å²) in [4.78, 5) is 15.3. The predicted octanol–water partition coefficient (Wildman–Crippen LogP) is 4.61. The maximum atomic E-state index is 12.1. The molecule has 0 saturated heterocycles. The van der Waals surface area contributed by atoms with Gasteiger partial charge in [-0.1, -0.05) is 28.1 Å². The third-order valence-electron chi connectivity index (χ3n) is 3.56. The molecule has 1 unspecified atom stereocenters. The summed E-state index contributed by atoms with van der Waals surface area (Å²) in [7, 11) is 0. The summed E-state index contributed by atoms with van der Waals surface area (Å²) in [5.74, 6) is 0.281. The summed E-state index contributed by atoms with van der Waals surface area (Å²) in [6.45, 7) is 1.67. The van der Waals surface area contributed by atoms with Gasteiger partial charge in [0.1, 0.15) is 5.75 Å². The third-order valence-corrected chi connectivity index (χ3v) is 4.71. The zero-order chi connectivity index (χ0) is 17.8. The molecule has 3 rings (SSSR count). The van der Waals surface area contributed by atoms with Crippen molar-refractivity contribution in [1.29, 1.82) is 0 Å². The second-order valence-electron chi connectivity index (χ2n) is 5.36. The maximum absolute atomic E-state index is 12.1. The van der Waals surface area contributed by atoms with Crippen LogP contribution in [0.5, 0.6) is 5.75 Å². The number of H-pyrrole nitrogens is 1. The van der Waals surface area contributed by atoms with Crippen LogP contribution < -0.4 is 10.2 Å². The highest BCUT2D eigenvalue weighted by Crippen LogP contribution is 2.25. The molecule has 2 aromatic carbocycles. The second-order valence-corrected chi connectivity index (χ2v) is 7.13. The van der Waals surface area contributed by atoms with Gasteiger partial charge in [-0.25, -0.2) is 5.43 Å². The Balaban J connectivity index is 1.64. The van der Waals surface area contributed by atoms with Crippen LogP contribution in [0.25, 0.3) is 10.9 Å². The summed E-state index contributed by atoms with van der Waals surface area (Å²) >= 11 is 6.84. The van der Waals surface area contributed by atoms with Crippen LogP contribution in [0, 0.1) is 0 Å². The molecule has 0 aliphatic heterocycles. The number of hydrogen-bond donors (Lipinski definition) is 2. The molecule has 1 heterocycles. The first-order valence-corrected chi connectivity index (χ1v) is 9.14. The van der Waals surface area contributed by atoms with Crippen LogP contribution >= 0.6 is 31.9 Å². The number of halogens is 2. The summed E-state index contributed by atoms with van der Waals surface area (Å²) in [6.07, 6.45) is 2.77. The van der Waals surface area contributed by atoms with Crippen LogP contribution in [-0.2, 0) is 4.79 Å². The Morgan fingerprint density at radius 1 is 1.28 bits per heavy atom. The fourth-order valence-corrected chi connectivity index (χ4v) is 3.00. The zero-order valence-electron chi connectivity index (χ0n) is 13.3. The van der Waals surface area contributed by atoms with E-state index in [1.165, 1.54) is 0 Å². The molecule has 1 atom stereocenters. The largest absolute Gasteiger partial charge is 0.480 e. The first-order chi connectivity index (χ1) is 12.0. The molecule has 5 nitrogen and oxygen atoms in total. The normalized spacial score (nSPS) is 12.4. The lowest BCUT2D eigenvalue weighted by molar-refractivity contribution is -0.127. The van der Waals surface area contributed by atoms with Gasteiger partial charge in [-0.05, 0) is 53.2 Å². The van der Waals surface area contributed by atoms with E-state index in [4.69, 9.17) is 4.74 Å². The van der Waals surface area contributed by atoms with Crippen LogP contribution in [0.4, 0.5) is 0 Å². The van der Waals surface area contributed by atoms with Crippen LogP contribution in [0.2, 0.25) is 0 Å². The minimum atomic E-state index is -0.673. The number of para-hydroxylation sites is 1. The van der Waals surface area contributed by atoms with E-state index in [0.29, 0.717) is 5.75 Å². The van der Waals surface area contributed by atoms with Gasteiger partial charge >= 0.3 is 0 Å². The fraction of sp³-hybridized carbons (Fsp3) is 0.111. The number of benzene rings is 2. The molecule has 0 fully saturated rings. The van der Waals surface area contributed by atoms with Crippen molar-refractivity contribution in [3.8, 4) is 5.75 Å². The van der Waals surface area contributed by atoms with Gasteiger partial charge in [0.25, 0.3) is 5.91 Å². The van der Waals surface area contributed by atoms with Gasteiger partial charge in [-0.15, -0.1) is 0 Å². The maximum Gasteiger partial charge on any atom is 0.280 e. The Kier molecular flexibility index (Phi) is 5.55. The zero-order valence-corrected chi connectivity index (χ0v) is 16.5. The van der Waals surface area contributed by atoms with Crippen molar-refractivity contribution in [1.82, 2.24) is 10.4 Å². The average molecular weight is 465 g/mol. The Labute approximate surface area is 161 Å². The van der Waals surface area contributed by atoms with Gasteiger partial charge in [0.2, 0.25) is 0 Å². The molecule has 25 heavy (non-hydrogen) atoms. The summed E-state index contributed by atoms with van der Waals surface area (Å²) < 4.78 is 7.41. The number of amides is 1. The molecule has 0 aliphatic rings. The van der Waals surface area contributed by atoms with E-state index in [1.807, 2.05) is 42.6 Å². The smallest absolute Gasteiger partial charge is 0.280 e. The number of ether oxygens (including phenoxy) is 1. The van der Waals surface area contributed by atoms with Crippen LogP contribution in [-0.4, -0.2) is 23.2 Å². The van der Waals surface area contributed by atoms with E-state index in [1.54, 1.807) is 19.2 Å². The van der Waals surface area contributed by atoms with Crippen LogP contribution in [0.1, 0.15) is 12.5 Å². The molecule has 7 heteroatoms. The highest BCUT2D eigenvalue weighted by molar-refractivity contribution is 9.10. The fourth-order valence-electron chi connectivity index (χ4n) is 2.26. The SMILES string of the molecule is CC(Oc1ccccc1Br)C(=O)N/N=C/c1c[nH]c2ccc(Br)cc12. The van der Waals surface area contributed by atoms with Crippen molar-refractivity contribution < 1.29 is 9.53 Å². The molecule has 0 radical (unpaired) electrons. The van der Waals surface area contributed by atoms with Gasteiger partial charge in [0.05, 0.1) is 10.7 Å². The second kappa shape index (κ2) is 7.84. The standard InChI is InChI=1S/C18H15Br2N3O2/c1-11(25-17-5-3-2-4-15(17)20)18(24)23-22-10-12-9-21-16-7-6-13(19)8-14(12)16/h2-11,21H,1H3,(H,23,24)/b22-10+. The van der Waals surface area contributed by atoms with Crippen molar-refractivity contribution in [2.45, 2.75) is 13.0 Å². The number of fused-ring (bicyclic) bond motifs is 1. The number of aromatic amines is 1. The number of hydrogen-bond acceptors (Lipinski definition) is 3. The summed E-state index contributed by atoms with van der Waals surface area (Å²) in [5.41, 5.74) is 4.39. The van der Waals surface area contributed by atoms with Crippen molar-refractivity contribution in [3.63, 3.8) is 0 Å². The molecule has 1 amide bonds. The topological polar surface area (TPSA) is 66.5 Å². The van der Waals surface area contributed by atoms with E-state index in [-0.39, 0.29) is 5.91 Å². The number of hydrazone groups is 1. The molecule has 128 valence electrons. The van der Waals surface area contributed by atoms with Gasteiger partial charge in [-0.2, -0.15) is 5.10 Å². The quantitative estimate of drug-likeness (QED) is 0.427. The summed E-state index contributed by atoms with van der Waals surface area (Å²) in [6, 6.07) is 13.3. The van der Waals surface area contributed by atoms with E-state index < -0.39 is 6.10 Å². The minimum Gasteiger partial charge on any atom is -0.480 e. The molecular weight excluding hydrogens is 450 g/mol. The monoisotopic (exact) mass is 463 g/mol. The number of nitrogens with zero attached hydrogens (tertiary/aromatic N) is 1. The third kappa shape index (κ3) is 4.29. The number of carbonyl (C=O) groups is 1. The van der Waals surface area contributed by atoms with Crippen LogP contribution in [0.15, 0.2) is 62.7 Å². The number of aromatic nitrogens is 1. The van der Waals surface area contributed by atoms with Gasteiger partial charge in [0, 0.05) is 27.1 Å². The lowest BCUT2D eigenvalue weighted by atomic mass is 10.2. The molecule has 0 spiro atoms. The Morgan fingerprint density at radius 3 is 2.88 bits per heavy atom. The van der Waals surface area contributed by atoms with Crippen molar-refractivity contribution in [2.24, 2.45) is 5.10 Å². The van der Waals surface area contributed by atoms with Crippen molar-refractivity contribution in [2.75, 3.05) is 0 Å². The Morgan fingerprint density at radius 2 is 2.08 bits per heavy atom. The lowest BCUT2D eigenvalue weighted by Gasteiger charge is -2.13. The van der Waals surface area contributed by atoms with E-state index in [2.05, 4.69) is 47.4 Å². The molecular formula is C18H15Br2N3O2. The first-order valence-electron chi connectivity index (χ1n) is 7.55. The highest BCUT2D eigenvalue weighted by Gasteiger charge is 2.15. The number of nitrogens with one attached hydrogen (secondary N) is 2. The van der Waals surface area contributed by atoms with E-state index in [9.17, 15) is 4.79 Å². The lowest BCUT2D eigenvalue weighted by Crippen LogP contribution is -2.33. The molecule has 2 N–H and O–H groups in total. The molecule has 0 saturated carbocycles. The predicted molar refractivity (Wildman–Crippen MR) is 106 cm³/mol. The van der Waals surface area contributed by atoms with E-state index in [0.717, 1.165) is 25.4 Å². The molecule has 1 aromatic heterocycles. The average Bonchev–Trinajstić information content (AvgIpc) is 2.99. The van der Waals surface area contributed by atoms with Crippen molar-refractivity contribution >= 4 is 54.9 Å². The van der Waals surface area contributed by atoms with Gasteiger partial charge < -0.3 is 9.72 Å².